The van der Waals surface area contributed by atoms with Crippen LogP contribution in [0.5, 0.6) is 11.8 Å². The molecule has 1 amide bonds. The van der Waals surface area contributed by atoms with Gasteiger partial charge in [-0.05, 0) is 12.8 Å². The molecule has 20 heavy (non-hydrogen) atoms. The van der Waals surface area contributed by atoms with Crippen LogP contribution in [-0.2, 0) is 4.79 Å². The van der Waals surface area contributed by atoms with Gasteiger partial charge >= 0.3 is 0 Å². The van der Waals surface area contributed by atoms with Crippen LogP contribution in [0.2, 0.25) is 0 Å². The van der Waals surface area contributed by atoms with E-state index >= 15 is 0 Å². The molecule has 0 saturated carbocycles. The van der Waals surface area contributed by atoms with Crippen molar-refractivity contribution in [3.63, 3.8) is 0 Å². The standard InChI is InChI=1S/C14H21N3O3/c1-10(2)14(18)17-8-4-5-11(9-17)20-13-12(19-3)15-6-7-16-13/h6-7,10-11H,4-5,8-9H2,1-3H3. The van der Waals surface area contributed by atoms with Crippen LogP contribution in [-0.4, -0.2) is 47.1 Å². The van der Waals surface area contributed by atoms with Crippen molar-refractivity contribution in [2.45, 2.75) is 32.8 Å². The van der Waals surface area contributed by atoms with Gasteiger partial charge in [-0.2, -0.15) is 0 Å². The van der Waals surface area contributed by atoms with E-state index in [1.165, 1.54) is 7.11 Å². The zero-order valence-corrected chi connectivity index (χ0v) is 12.2. The molecule has 0 bridgehead atoms. The summed E-state index contributed by atoms with van der Waals surface area (Å²) in [5.74, 6) is 0.947. The Morgan fingerprint density at radius 3 is 2.70 bits per heavy atom. The van der Waals surface area contributed by atoms with E-state index in [2.05, 4.69) is 9.97 Å². The van der Waals surface area contributed by atoms with E-state index < -0.39 is 0 Å². The van der Waals surface area contributed by atoms with Gasteiger partial charge < -0.3 is 14.4 Å². The van der Waals surface area contributed by atoms with E-state index in [0.29, 0.717) is 18.3 Å². The first kappa shape index (κ1) is 14.6. The molecule has 110 valence electrons. The number of ether oxygens (including phenoxy) is 2. The molecular formula is C14H21N3O3. The maximum atomic E-state index is 12.0. The smallest absolute Gasteiger partial charge is 0.278 e. The molecule has 1 saturated heterocycles. The number of methoxy groups -OCH3 is 1. The SMILES string of the molecule is COc1nccnc1OC1CCCN(C(=O)C(C)C)C1. The maximum Gasteiger partial charge on any atom is 0.278 e. The molecule has 6 nitrogen and oxygen atoms in total. The quantitative estimate of drug-likeness (QED) is 0.836. The molecule has 1 atom stereocenters. The minimum absolute atomic E-state index is 0.0137. The fourth-order valence-corrected chi connectivity index (χ4v) is 2.29. The van der Waals surface area contributed by atoms with Crippen molar-refractivity contribution in [1.29, 1.82) is 0 Å². The molecule has 1 aromatic heterocycles. The normalized spacial score (nSPS) is 19.0. The Labute approximate surface area is 119 Å². The van der Waals surface area contributed by atoms with Gasteiger partial charge in [0.15, 0.2) is 0 Å². The fraction of sp³-hybridized carbons (Fsp3) is 0.643. The molecule has 1 aliphatic rings. The monoisotopic (exact) mass is 279 g/mol. The highest BCUT2D eigenvalue weighted by Crippen LogP contribution is 2.24. The first-order valence-electron chi connectivity index (χ1n) is 6.92. The Morgan fingerprint density at radius 1 is 1.35 bits per heavy atom. The predicted molar refractivity (Wildman–Crippen MR) is 73.7 cm³/mol. The second kappa shape index (κ2) is 6.54. The molecule has 1 aliphatic heterocycles. The van der Waals surface area contributed by atoms with Crippen LogP contribution < -0.4 is 9.47 Å². The first-order chi connectivity index (χ1) is 9.61. The number of carbonyl (C=O) groups excluding carboxylic acids is 1. The average Bonchev–Trinajstić information content (AvgIpc) is 2.47. The van der Waals surface area contributed by atoms with Crippen molar-refractivity contribution in [2.24, 2.45) is 5.92 Å². The second-order valence-electron chi connectivity index (χ2n) is 5.19. The van der Waals surface area contributed by atoms with Gasteiger partial charge in [-0.1, -0.05) is 13.8 Å². The highest BCUT2D eigenvalue weighted by molar-refractivity contribution is 5.78. The Kier molecular flexibility index (Phi) is 4.76. The molecule has 1 unspecified atom stereocenters. The van der Waals surface area contributed by atoms with Gasteiger partial charge in [0.05, 0.1) is 13.7 Å². The summed E-state index contributed by atoms with van der Waals surface area (Å²) in [7, 11) is 1.53. The second-order valence-corrected chi connectivity index (χ2v) is 5.19. The van der Waals surface area contributed by atoms with Crippen molar-refractivity contribution in [2.75, 3.05) is 20.2 Å². The van der Waals surface area contributed by atoms with E-state index in [0.717, 1.165) is 19.4 Å². The molecule has 0 spiro atoms. The lowest BCUT2D eigenvalue weighted by atomic mass is 10.1. The van der Waals surface area contributed by atoms with Crippen molar-refractivity contribution in [1.82, 2.24) is 14.9 Å². The number of piperidine rings is 1. The fourth-order valence-electron chi connectivity index (χ4n) is 2.29. The highest BCUT2D eigenvalue weighted by Gasteiger charge is 2.27. The van der Waals surface area contributed by atoms with E-state index in [1.807, 2.05) is 18.7 Å². The molecule has 0 aliphatic carbocycles. The zero-order chi connectivity index (χ0) is 14.5. The van der Waals surface area contributed by atoms with Crippen LogP contribution in [0.1, 0.15) is 26.7 Å². The molecular weight excluding hydrogens is 258 g/mol. The summed E-state index contributed by atoms with van der Waals surface area (Å²) in [5, 5.41) is 0. The lowest BCUT2D eigenvalue weighted by molar-refractivity contribution is -0.137. The Bertz CT molecular complexity index is 465. The van der Waals surface area contributed by atoms with E-state index in [9.17, 15) is 4.79 Å². The minimum Gasteiger partial charge on any atom is -0.477 e. The zero-order valence-electron chi connectivity index (χ0n) is 12.2. The summed E-state index contributed by atoms with van der Waals surface area (Å²) < 4.78 is 11.0. The number of hydrogen-bond acceptors (Lipinski definition) is 5. The highest BCUT2D eigenvalue weighted by atomic mass is 16.5. The molecule has 6 heteroatoms. The van der Waals surface area contributed by atoms with Gasteiger partial charge in [0.25, 0.3) is 11.8 Å². The molecule has 1 aromatic rings. The van der Waals surface area contributed by atoms with Crippen LogP contribution in [0.4, 0.5) is 0 Å². The number of likely N-dealkylation sites (tertiary alicyclic amines) is 1. The molecule has 1 fully saturated rings. The number of rotatable bonds is 4. The van der Waals surface area contributed by atoms with Crippen LogP contribution in [0, 0.1) is 5.92 Å². The van der Waals surface area contributed by atoms with Gasteiger partial charge in [-0.3, -0.25) is 4.79 Å². The van der Waals surface area contributed by atoms with Crippen molar-refractivity contribution >= 4 is 5.91 Å². The Balaban J connectivity index is 2.01. The van der Waals surface area contributed by atoms with E-state index in [-0.39, 0.29) is 17.9 Å². The van der Waals surface area contributed by atoms with Gasteiger partial charge in [-0.15, -0.1) is 0 Å². The third-order valence-electron chi connectivity index (χ3n) is 3.29. The molecule has 2 rings (SSSR count). The number of nitrogens with zero attached hydrogens (tertiary/aromatic N) is 3. The summed E-state index contributed by atoms with van der Waals surface area (Å²) in [6, 6.07) is 0. The molecule has 2 heterocycles. The summed E-state index contributed by atoms with van der Waals surface area (Å²) in [4.78, 5) is 22.1. The van der Waals surface area contributed by atoms with Crippen LogP contribution in [0.15, 0.2) is 12.4 Å². The summed E-state index contributed by atoms with van der Waals surface area (Å²) in [6.45, 7) is 5.22. The summed E-state index contributed by atoms with van der Waals surface area (Å²) in [6.07, 6.45) is 4.91. The number of amides is 1. The minimum atomic E-state index is -0.0583. The predicted octanol–water partition coefficient (Wildman–Crippen LogP) is 1.51. The largest absolute Gasteiger partial charge is 0.477 e. The number of carbonyl (C=O) groups is 1. The van der Waals surface area contributed by atoms with Crippen LogP contribution in [0.3, 0.4) is 0 Å². The number of aromatic nitrogens is 2. The third kappa shape index (κ3) is 3.37. The average molecular weight is 279 g/mol. The Morgan fingerprint density at radius 2 is 2.05 bits per heavy atom. The van der Waals surface area contributed by atoms with Gasteiger partial charge in [0, 0.05) is 24.9 Å². The van der Waals surface area contributed by atoms with Crippen LogP contribution in [0.25, 0.3) is 0 Å². The third-order valence-corrected chi connectivity index (χ3v) is 3.29. The van der Waals surface area contributed by atoms with Crippen LogP contribution >= 0.6 is 0 Å². The molecule has 0 aromatic carbocycles. The lowest BCUT2D eigenvalue weighted by Gasteiger charge is -2.33. The van der Waals surface area contributed by atoms with Crippen molar-refractivity contribution in [3.05, 3.63) is 12.4 Å². The summed E-state index contributed by atoms with van der Waals surface area (Å²) in [5.41, 5.74) is 0. The van der Waals surface area contributed by atoms with Gasteiger partial charge in [0.2, 0.25) is 5.91 Å². The van der Waals surface area contributed by atoms with Crippen molar-refractivity contribution in [3.8, 4) is 11.8 Å². The molecule has 0 N–H and O–H groups in total. The Hall–Kier alpha value is -1.85. The summed E-state index contributed by atoms with van der Waals surface area (Å²) >= 11 is 0. The topological polar surface area (TPSA) is 64.6 Å². The van der Waals surface area contributed by atoms with E-state index in [4.69, 9.17) is 9.47 Å². The lowest BCUT2D eigenvalue weighted by Crippen LogP contribution is -2.46. The van der Waals surface area contributed by atoms with Gasteiger partial charge in [-0.25, -0.2) is 9.97 Å². The number of hydrogen-bond donors (Lipinski definition) is 0. The van der Waals surface area contributed by atoms with Crippen molar-refractivity contribution < 1.29 is 14.3 Å². The maximum absolute atomic E-state index is 12.0. The molecule has 0 radical (unpaired) electrons. The van der Waals surface area contributed by atoms with E-state index in [1.54, 1.807) is 12.4 Å². The van der Waals surface area contributed by atoms with Gasteiger partial charge in [0.1, 0.15) is 6.10 Å². The first-order valence-corrected chi connectivity index (χ1v) is 6.92.